The summed E-state index contributed by atoms with van der Waals surface area (Å²) in [7, 11) is 0. The van der Waals surface area contributed by atoms with Gasteiger partial charge in [0, 0.05) is 23.2 Å². The molecule has 0 radical (unpaired) electrons. The number of anilines is 1. The highest BCUT2D eigenvalue weighted by molar-refractivity contribution is 6.08. The van der Waals surface area contributed by atoms with E-state index in [4.69, 9.17) is 4.42 Å². The van der Waals surface area contributed by atoms with Crippen LogP contribution >= 0.6 is 0 Å². The highest BCUT2D eigenvalue weighted by Gasteiger charge is 2.05. The Kier molecular flexibility index (Phi) is 3.89. The van der Waals surface area contributed by atoms with Crippen LogP contribution in [0.4, 0.5) is 11.4 Å². The number of hydrogen-bond donors (Lipinski definition) is 1. The average Bonchev–Trinajstić information content (AvgIpc) is 2.54. The van der Waals surface area contributed by atoms with E-state index < -0.39 is 5.63 Å². The summed E-state index contributed by atoms with van der Waals surface area (Å²) in [5, 5.41) is 13.0. The number of para-hydroxylation sites is 1. The molecule has 1 N–H and O–H groups in total. The minimum atomic E-state index is -0.398. The van der Waals surface area contributed by atoms with Crippen LogP contribution in [0.25, 0.3) is 11.0 Å². The van der Waals surface area contributed by atoms with Crippen molar-refractivity contribution < 1.29 is 4.42 Å². The van der Waals surface area contributed by atoms with Crippen LogP contribution in [0.15, 0.2) is 68.8 Å². The second kappa shape index (κ2) is 6.16. The van der Waals surface area contributed by atoms with E-state index in [1.807, 2.05) is 55.5 Å². The van der Waals surface area contributed by atoms with Gasteiger partial charge in [-0.2, -0.15) is 5.26 Å². The van der Waals surface area contributed by atoms with E-state index in [1.54, 1.807) is 6.07 Å². The molecule has 0 aliphatic rings. The predicted octanol–water partition coefficient (Wildman–Crippen LogP) is 3.77. The maximum atomic E-state index is 11.5. The number of nitrogens with zero attached hydrogens (tertiary/aromatic N) is 2. The Labute approximate surface area is 132 Å². The lowest BCUT2D eigenvalue weighted by atomic mass is 10.1. The Hall–Kier alpha value is -3.39. The summed E-state index contributed by atoms with van der Waals surface area (Å²) in [4.78, 5) is 15.7. The minimum Gasteiger partial charge on any atom is -0.423 e. The van der Waals surface area contributed by atoms with Gasteiger partial charge in [0.1, 0.15) is 11.7 Å². The molecular formula is C18H13N3O2. The highest BCUT2D eigenvalue weighted by atomic mass is 16.4. The molecule has 0 bridgehead atoms. The predicted molar refractivity (Wildman–Crippen MR) is 90.0 cm³/mol. The van der Waals surface area contributed by atoms with Crippen molar-refractivity contribution in [1.29, 1.82) is 5.26 Å². The lowest BCUT2D eigenvalue weighted by Gasteiger charge is -2.06. The van der Waals surface area contributed by atoms with Gasteiger partial charge in [0.2, 0.25) is 5.84 Å². The number of rotatable bonds is 2. The van der Waals surface area contributed by atoms with E-state index in [-0.39, 0.29) is 5.84 Å². The van der Waals surface area contributed by atoms with Crippen LogP contribution in [-0.4, -0.2) is 5.84 Å². The fourth-order valence-electron chi connectivity index (χ4n) is 2.25. The molecule has 3 rings (SSSR count). The molecule has 0 saturated heterocycles. The summed E-state index contributed by atoms with van der Waals surface area (Å²) in [6.45, 7) is 1.85. The number of hydrogen-bond acceptors (Lipinski definition) is 4. The maximum Gasteiger partial charge on any atom is 0.336 e. The van der Waals surface area contributed by atoms with Gasteiger partial charge < -0.3 is 9.73 Å². The molecule has 2 aromatic carbocycles. The lowest BCUT2D eigenvalue weighted by molar-refractivity contribution is 0.560. The molecule has 0 aliphatic heterocycles. The molecule has 0 atom stereocenters. The van der Waals surface area contributed by atoms with Crippen LogP contribution < -0.4 is 10.9 Å². The summed E-state index contributed by atoms with van der Waals surface area (Å²) in [6, 6.07) is 18.0. The van der Waals surface area contributed by atoms with Crippen molar-refractivity contribution in [2.24, 2.45) is 4.99 Å². The van der Waals surface area contributed by atoms with Gasteiger partial charge in [0.05, 0.1) is 5.69 Å². The fourth-order valence-corrected chi connectivity index (χ4v) is 2.25. The molecule has 3 aromatic rings. The number of nitriles is 1. The normalized spacial score (nSPS) is 11.2. The van der Waals surface area contributed by atoms with Crippen molar-refractivity contribution in [3.63, 3.8) is 0 Å². The summed E-state index contributed by atoms with van der Waals surface area (Å²) >= 11 is 0. The third-order valence-corrected chi connectivity index (χ3v) is 3.32. The molecule has 1 aromatic heterocycles. The minimum absolute atomic E-state index is 0.158. The van der Waals surface area contributed by atoms with E-state index in [2.05, 4.69) is 10.3 Å². The number of benzene rings is 2. The van der Waals surface area contributed by atoms with Crippen LogP contribution in [0.3, 0.4) is 0 Å². The topological polar surface area (TPSA) is 78.4 Å². The van der Waals surface area contributed by atoms with E-state index in [1.165, 1.54) is 6.07 Å². The largest absolute Gasteiger partial charge is 0.423 e. The summed E-state index contributed by atoms with van der Waals surface area (Å²) in [5.41, 5.74) is 2.23. The molecule has 1 heterocycles. The summed E-state index contributed by atoms with van der Waals surface area (Å²) in [6.07, 6.45) is 0. The molecule has 0 saturated carbocycles. The van der Waals surface area contributed by atoms with Crippen molar-refractivity contribution >= 4 is 28.2 Å². The molecule has 5 heteroatoms. The number of nitrogens with one attached hydrogen (secondary N) is 1. The van der Waals surface area contributed by atoms with E-state index in [0.29, 0.717) is 17.0 Å². The number of fused-ring (bicyclic) bond motifs is 1. The van der Waals surface area contributed by atoms with Gasteiger partial charge in [-0.05, 0) is 36.8 Å². The Balaban J connectivity index is 1.96. The first kappa shape index (κ1) is 14.5. The van der Waals surface area contributed by atoms with Crippen molar-refractivity contribution in [1.82, 2.24) is 0 Å². The Bertz CT molecular complexity index is 983. The van der Waals surface area contributed by atoms with Crippen molar-refractivity contribution in [3.05, 3.63) is 70.6 Å². The molecule has 0 unspecified atom stereocenters. The van der Waals surface area contributed by atoms with Crippen LogP contribution in [0.1, 0.15) is 5.56 Å². The standard InChI is InChI=1S/C18H13N3O2/c1-12-9-18(22)23-16-10-14(7-8-15(12)16)21-17(11-19)20-13-5-3-2-4-6-13/h2-10H,1H3,(H,20,21). The van der Waals surface area contributed by atoms with Gasteiger partial charge in [-0.25, -0.2) is 9.79 Å². The zero-order valence-corrected chi connectivity index (χ0v) is 12.4. The second-order valence-electron chi connectivity index (χ2n) is 4.99. The average molecular weight is 303 g/mol. The van der Waals surface area contributed by atoms with Crippen molar-refractivity contribution in [3.8, 4) is 6.07 Å². The smallest absolute Gasteiger partial charge is 0.336 e. The Morgan fingerprint density at radius 2 is 1.96 bits per heavy atom. The maximum absolute atomic E-state index is 11.5. The van der Waals surface area contributed by atoms with E-state index >= 15 is 0 Å². The molecule has 5 nitrogen and oxygen atoms in total. The highest BCUT2D eigenvalue weighted by Crippen LogP contribution is 2.21. The Morgan fingerprint density at radius 3 is 2.70 bits per heavy atom. The van der Waals surface area contributed by atoms with Gasteiger partial charge >= 0.3 is 5.63 Å². The third-order valence-electron chi connectivity index (χ3n) is 3.32. The van der Waals surface area contributed by atoms with Crippen LogP contribution in [0.2, 0.25) is 0 Å². The SMILES string of the molecule is Cc1cc(=O)oc2cc(NC(C#N)=Nc3ccccc3)ccc12. The third kappa shape index (κ3) is 3.27. The fraction of sp³-hybridized carbons (Fsp3) is 0.0556. The lowest BCUT2D eigenvalue weighted by Crippen LogP contribution is -2.09. The van der Waals surface area contributed by atoms with Crippen LogP contribution in [-0.2, 0) is 0 Å². The molecular weight excluding hydrogens is 290 g/mol. The monoisotopic (exact) mass is 303 g/mol. The van der Waals surface area contributed by atoms with Gasteiger partial charge in [-0.3, -0.25) is 0 Å². The van der Waals surface area contributed by atoms with Crippen molar-refractivity contribution in [2.45, 2.75) is 6.92 Å². The Morgan fingerprint density at radius 1 is 1.17 bits per heavy atom. The van der Waals surface area contributed by atoms with Gasteiger partial charge in [-0.1, -0.05) is 18.2 Å². The van der Waals surface area contributed by atoms with Gasteiger partial charge in [-0.15, -0.1) is 0 Å². The first-order valence-corrected chi connectivity index (χ1v) is 7.01. The first-order valence-electron chi connectivity index (χ1n) is 7.01. The number of aryl methyl sites for hydroxylation is 1. The molecule has 0 spiro atoms. The quantitative estimate of drug-likeness (QED) is 0.444. The molecule has 0 aliphatic carbocycles. The number of aliphatic imine (C=N–C) groups is 1. The van der Waals surface area contributed by atoms with Gasteiger partial charge in [0.15, 0.2) is 0 Å². The first-order chi connectivity index (χ1) is 11.2. The summed E-state index contributed by atoms with van der Waals surface area (Å²) in [5.74, 6) is 0.158. The molecule has 23 heavy (non-hydrogen) atoms. The zero-order chi connectivity index (χ0) is 16.2. The van der Waals surface area contributed by atoms with Crippen LogP contribution in [0, 0.1) is 18.3 Å². The molecule has 112 valence electrons. The van der Waals surface area contributed by atoms with Crippen LogP contribution in [0.5, 0.6) is 0 Å². The van der Waals surface area contributed by atoms with E-state index in [0.717, 1.165) is 10.9 Å². The number of amidine groups is 1. The molecule has 0 fully saturated rings. The zero-order valence-electron chi connectivity index (χ0n) is 12.4. The van der Waals surface area contributed by atoms with E-state index in [9.17, 15) is 10.1 Å². The summed E-state index contributed by atoms with van der Waals surface area (Å²) < 4.78 is 5.20. The second-order valence-corrected chi connectivity index (χ2v) is 4.99. The van der Waals surface area contributed by atoms with Crippen molar-refractivity contribution in [2.75, 3.05) is 5.32 Å². The molecule has 0 amide bonds. The van der Waals surface area contributed by atoms with Gasteiger partial charge in [0.25, 0.3) is 0 Å².